The molecule has 1 saturated heterocycles. The molecule has 2 amide bonds. The summed E-state index contributed by atoms with van der Waals surface area (Å²) in [5.74, 6) is 0.462. The number of benzene rings is 1. The van der Waals surface area contributed by atoms with Crippen molar-refractivity contribution in [3.63, 3.8) is 0 Å². The first-order chi connectivity index (χ1) is 10.5. The SMILES string of the molecule is CC(C)CC(CN)NC(=O)c1cccc(N2CCCC2=O)c1. The molecule has 1 atom stereocenters. The van der Waals surface area contributed by atoms with Gasteiger partial charge in [-0.25, -0.2) is 0 Å². The van der Waals surface area contributed by atoms with E-state index in [2.05, 4.69) is 19.2 Å². The maximum Gasteiger partial charge on any atom is 0.251 e. The van der Waals surface area contributed by atoms with Crippen molar-refractivity contribution in [2.75, 3.05) is 18.0 Å². The predicted molar refractivity (Wildman–Crippen MR) is 87.8 cm³/mol. The Morgan fingerprint density at radius 2 is 2.18 bits per heavy atom. The standard InChI is InChI=1S/C17H25N3O2/c1-12(2)9-14(11-18)19-17(22)13-5-3-6-15(10-13)20-8-4-7-16(20)21/h3,5-6,10,12,14H,4,7-9,11,18H2,1-2H3,(H,19,22). The second-order valence-electron chi connectivity index (χ2n) is 6.23. The van der Waals surface area contributed by atoms with E-state index >= 15 is 0 Å². The summed E-state index contributed by atoms with van der Waals surface area (Å²) in [6.45, 7) is 5.36. The molecular formula is C17H25N3O2. The molecule has 1 aromatic rings. The third-order valence-corrected chi connectivity index (χ3v) is 3.87. The number of hydrogen-bond donors (Lipinski definition) is 2. The highest BCUT2D eigenvalue weighted by molar-refractivity contribution is 5.99. The summed E-state index contributed by atoms with van der Waals surface area (Å²) < 4.78 is 0. The molecule has 1 aromatic carbocycles. The van der Waals surface area contributed by atoms with Gasteiger partial charge in [-0.15, -0.1) is 0 Å². The van der Waals surface area contributed by atoms with Gasteiger partial charge >= 0.3 is 0 Å². The Morgan fingerprint density at radius 3 is 2.77 bits per heavy atom. The number of nitrogens with one attached hydrogen (secondary N) is 1. The predicted octanol–water partition coefficient (Wildman–Crippen LogP) is 1.92. The fourth-order valence-corrected chi connectivity index (χ4v) is 2.79. The summed E-state index contributed by atoms with van der Waals surface area (Å²) in [4.78, 5) is 25.9. The van der Waals surface area contributed by atoms with Gasteiger partial charge in [0.1, 0.15) is 0 Å². The van der Waals surface area contributed by atoms with E-state index in [1.165, 1.54) is 0 Å². The average molecular weight is 303 g/mol. The van der Waals surface area contributed by atoms with Crippen LogP contribution in [0.15, 0.2) is 24.3 Å². The number of nitrogens with two attached hydrogens (primary N) is 1. The van der Waals surface area contributed by atoms with Gasteiger partial charge in [0.2, 0.25) is 5.91 Å². The molecule has 3 N–H and O–H groups in total. The molecule has 1 unspecified atom stereocenters. The van der Waals surface area contributed by atoms with Crippen LogP contribution in [0.4, 0.5) is 5.69 Å². The number of anilines is 1. The monoisotopic (exact) mass is 303 g/mol. The minimum absolute atomic E-state index is 0.0235. The van der Waals surface area contributed by atoms with Crippen molar-refractivity contribution in [1.82, 2.24) is 5.32 Å². The zero-order valence-corrected chi connectivity index (χ0v) is 13.3. The van der Waals surface area contributed by atoms with Crippen LogP contribution in [0.5, 0.6) is 0 Å². The van der Waals surface area contributed by atoms with E-state index in [4.69, 9.17) is 5.73 Å². The van der Waals surface area contributed by atoms with Crippen molar-refractivity contribution < 1.29 is 9.59 Å². The van der Waals surface area contributed by atoms with Crippen LogP contribution in [0.25, 0.3) is 0 Å². The average Bonchev–Trinajstić information content (AvgIpc) is 2.92. The molecule has 0 saturated carbocycles. The molecule has 120 valence electrons. The lowest BCUT2D eigenvalue weighted by Gasteiger charge is -2.20. The highest BCUT2D eigenvalue weighted by atomic mass is 16.2. The molecule has 5 nitrogen and oxygen atoms in total. The molecule has 0 spiro atoms. The Morgan fingerprint density at radius 1 is 1.41 bits per heavy atom. The largest absolute Gasteiger partial charge is 0.348 e. The second-order valence-corrected chi connectivity index (χ2v) is 6.23. The Kier molecular flexibility index (Phi) is 5.55. The molecular weight excluding hydrogens is 278 g/mol. The summed E-state index contributed by atoms with van der Waals surface area (Å²) in [5.41, 5.74) is 7.09. The lowest BCUT2D eigenvalue weighted by molar-refractivity contribution is -0.117. The number of hydrogen-bond acceptors (Lipinski definition) is 3. The molecule has 0 bridgehead atoms. The van der Waals surface area contributed by atoms with Crippen LogP contribution in [0.3, 0.4) is 0 Å². The molecule has 2 rings (SSSR count). The van der Waals surface area contributed by atoms with Crippen LogP contribution in [-0.2, 0) is 4.79 Å². The van der Waals surface area contributed by atoms with Crippen LogP contribution in [-0.4, -0.2) is 30.9 Å². The summed E-state index contributed by atoms with van der Waals surface area (Å²) in [6.07, 6.45) is 2.31. The van der Waals surface area contributed by atoms with Crippen molar-refractivity contribution in [3.8, 4) is 0 Å². The topological polar surface area (TPSA) is 75.4 Å². The van der Waals surface area contributed by atoms with E-state index in [9.17, 15) is 9.59 Å². The van der Waals surface area contributed by atoms with Gasteiger partial charge < -0.3 is 16.0 Å². The Hall–Kier alpha value is -1.88. The van der Waals surface area contributed by atoms with Gasteiger partial charge in [0.15, 0.2) is 0 Å². The minimum Gasteiger partial charge on any atom is -0.348 e. The van der Waals surface area contributed by atoms with Gasteiger partial charge in [-0.2, -0.15) is 0 Å². The van der Waals surface area contributed by atoms with Crippen molar-refractivity contribution in [1.29, 1.82) is 0 Å². The van der Waals surface area contributed by atoms with Gasteiger partial charge in [-0.3, -0.25) is 9.59 Å². The smallest absolute Gasteiger partial charge is 0.251 e. The number of rotatable bonds is 6. The van der Waals surface area contributed by atoms with Crippen molar-refractivity contribution in [2.45, 2.75) is 39.2 Å². The molecule has 0 radical (unpaired) electrons. The normalized spacial score (nSPS) is 16.2. The molecule has 5 heteroatoms. The van der Waals surface area contributed by atoms with Gasteiger partial charge in [0.05, 0.1) is 0 Å². The molecule has 1 aliphatic rings. The summed E-state index contributed by atoms with van der Waals surface area (Å²) in [7, 11) is 0. The Bertz CT molecular complexity index is 542. The number of carbonyl (C=O) groups is 2. The van der Waals surface area contributed by atoms with Crippen LogP contribution < -0.4 is 16.0 Å². The van der Waals surface area contributed by atoms with Crippen LogP contribution in [0.2, 0.25) is 0 Å². The second kappa shape index (κ2) is 7.40. The molecule has 0 aliphatic carbocycles. The first-order valence-corrected chi connectivity index (χ1v) is 7.92. The van der Waals surface area contributed by atoms with Gasteiger partial charge in [-0.05, 0) is 37.0 Å². The maximum absolute atomic E-state index is 12.4. The van der Waals surface area contributed by atoms with E-state index in [1.54, 1.807) is 17.0 Å². The Balaban J connectivity index is 2.08. The fraction of sp³-hybridized carbons (Fsp3) is 0.529. The van der Waals surface area contributed by atoms with Crippen LogP contribution in [0, 0.1) is 5.92 Å². The van der Waals surface area contributed by atoms with Gasteiger partial charge in [0, 0.05) is 36.8 Å². The fourth-order valence-electron chi connectivity index (χ4n) is 2.79. The van der Waals surface area contributed by atoms with E-state index < -0.39 is 0 Å². The molecule has 1 fully saturated rings. The number of carbonyl (C=O) groups excluding carboxylic acids is 2. The summed E-state index contributed by atoms with van der Waals surface area (Å²) in [6, 6.07) is 7.21. The Labute approximate surface area is 131 Å². The first kappa shape index (κ1) is 16.5. The van der Waals surface area contributed by atoms with E-state index in [0.29, 0.717) is 24.4 Å². The van der Waals surface area contributed by atoms with E-state index in [1.807, 2.05) is 12.1 Å². The summed E-state index contributed by atoms with van der Waals surface area (Å²) in [5, 5.41) is 2.98. The van der Waals surface area contributed by atoms with Crippen LogP contribution in [0.1, 0.15) is 43.5 Å². The molecule has 22 heavy (non-hydrogen) atoms. The summed E-state index contributed by atoms with van der Waals surface area (Å²) >= 11 is 0. The van der Waals surface area contributed by atoms with Gasteiger partial charge in [0.25, 0.3) is 5.91 Å². The van der Waals surface area contributed by atoms with Gasteiger partial charge in [-0.1, -0.05) is 19.9 Å². The lowest BCUT2D eigenvalue weighted by Crippen LogP contribution is -2.41. The highest BCUT2D eigenvalue weighted by Crippen LogP contribution is 2.22. The first-order valence-electron chi connectivity index (χ1n) is 7.92. The molecule has 1 heterocycles. The third-order valence-electron chi connectivity index (χ3n) is 3.87. The number of amides is 2. The minimum atomic E-state index is -0.135. The third kappa shape index (κ3) is 4.07. The van der Waals surface area contributed by atoms with Crippen LogP contribution >= 0.6 is 0 Å². The molecule has 1 aliphatic heterocycles. The lowest BCUT2D eigenvalue weighted by atomic mass is 10.0. The zero-order valence-electron chi connectivity index (χ0n) is 13.3. The van der Waals surface area contributed by atoms with E-state index in [-0.39, 0.29) is 17.9 Å². The van der Waals surface area contributed by atoms with E-state index in [0.717, 1.165) is 25.1 Å². The highest BCUT2D eigenvalue weighted by Gasteiger charge is 2.22. The van der Waals surface area contributed by atoms with Crippen molar-refractivity contribution >= 4 is 17.5 Å². The zero-order chi connectivity index (χ0) is 16.1. The van der Waals surface area contributed by atoms with Crippen molar-refractivity contribution in [2.24, 2.45) is 11.7 Å². The number of nitrogens with zero attached hydrogens (tertiary/aromatic N) is 1. The molecule has 0 aromatic heterocycles. The maximum atomic E-state index is 12.4. The van der Waals surface area contributed by atoms with Crippen molar-refractivity contribution in [3.05, 3.63) is 29.8 Å². The quantitative estimate of drug-likeness (QED) is 0.843.